The molecule has 0 radical (unpaired) electrons. The van der Waals surface area contributed by atoms with Crippen molar-refractivity contribution in [3.8, 4) is 0 Å². The Labute approximate surface area is 105 Å². The average Bonchev–Trinajstić information content (AvgIpc) is 2.27. The van der Waals surface area contributed by atoms with E-state index in [0.29, 0.717) is 24.2 Å². The predicted molar refractivity (Wildman–Crippen MR) is 69.5 cm³/mol. The quantitative estimate of drug-likeness (QED) is 0.770. The lowest BCUT2D eigenvalue weighted by Gasteiger charge is -2.37. The normalized spacial score (nSPS) is 31.3. The van der Waals surface area contributed by atoms with Gasteiger partial charge in [0.1, 0.15) is 12.1 Å². The highest BCUT2D eigenvalue weighted by atomic mass is 16.5. The molecule has 1 fully saturated rings. The van der Waals surface area contributed by atoms with Gasteiger partial charge in [-0.2, -0.15) is 0 Å². The molecule has 0 spiro atoms. The molecule has 100 valence electrons. The van der Waals surface area contributed by atoms with Crippen LogP contribution in [-0.2, 0) is 9.53 Å². The second-order valence-electron chi connectivity index (χ2n) is 5.82. The van der Waals surface area contributed by atoms with E-state index in [1.165, 1.54) is 6.42 Å². The average molecular weight is 241 g/mol. The number of ether oxygens (including phenoxy) is 1. The Morgan fingerprint density at radius 1 is 1.41 bits per heavy atom. The summed E-state index contributed by atoms with van der Waals surface area (Å²) in [5.41, 5.74) is 5.72. The van der Waals surface area contributed by atoms with Crippen LogP contribution >= 0.6 is 0 Å². The topological polar surface area (TPSA) is 52.3 Å². The van der Waals surface area contributed by atoms with Crippen molar-refractivity contribution in [3.05, 3.63) is 0 Å². The maximum Gasteiger partial charge on any atom is 0.323 e. The number of hydrogen-bond donors (Lipinski definition) is 1. The first-order valence-electron chi connectivity index (χ1n) is 6.91. The van der Waals surface area contributed by atoms with E-state index in [9.17, 15) is 4.79 Å². The first-order chi connectivity index (χ1) is 7.95. The summed E-state index contributed by atoms with van der Waals surface area (Å²) in [5, 5.41) is 0. The van der Waals surface area contributed by atoms with Crippen LogP contribution in [0.2, 0.25) is 0 Å². The molecule has 0 aromatic rings. The van der Waals surface area contributed by atoms with Gasteiger partial charge in [0.05, 0.1) is 0 Å². The van der Waals surface area contributed by atoms with Gasteiger partial charge >= 0.3 is 5.97 Å². The fraction of sp³-hybridized carbons (Fsp3) is 0.929. The first kappa shape index (κ1) is 14.5. The van der Waals surface area contributed by atoms with E-state index in [4.69, 9.17) is 10.5 Å². The van der Waals surface area contributed by atoms with Gasteiger partial charge in [0.15, 0.2) is 0 Å². The van der Waals surface area contributed by atoms with Crippen molar-refractivity contribution < 1.29 is 9.53 Å². The van der Waals surface area contributed by atoms with Crippen LogP contribution in [-0.4, -0.2) is 18.1 Å². The van der Waals surface area contributed by atoms with Crippen molar-refractivity contribution in [2.24, 2.45) is 23.5 Å². The summed E-state index contributed by atoms with van der Waals surface area (Å²) in [6.07, 6.45) is 4.12. The van der Waals surface area contributed by atoms with Gasteiger partial charge in [0.25, 0.3) is 0 Å². The van der Waals surface area contributed by atoms with Gasteiger partial charge in [-0.05, 0) is 37.0 Å². The highest BCUT2D eigenvalue weighted by Crippen LogP contribution is 2.35. The Hall–Kier alpha value is -0.570. The summed E-state index contributed by atoms with van der Waals surface area (Å²) < 4.78 is 5.62. The van der Waals surface area contributed by atoms with Gasteiger partial charge in [0, 0.05) is 0 Å². The van der Waals surface area contributed by atoms with E-state index in [2.05, 4.69) is 20.8 Å². The molecule has 2 N–H and O–H groups in total. The van der Waals surface area contributed by atoms with Gasteiger partial charge in [-0.1, -0.05) is 34.1 Å². The molecular weight excluding hydrogens is 214 g/mol. The minimum absolute atomic E-state index is 0.0730. The van der Waals surface area contributed by atoms with Gasteiger partial charge in [0.2, 0.25) is 0 Å². The standard InChI is InChI=1S/C14H27NO2/c1-5-12(15)14(16)17-13-8-10(4)6-7-11(13)9(2)3/h9-13H,5-8,15H2,1-4H3. The summed E-state index contributed by atoms with van der Waals surface area (Å²) in [5.74, 6) is 1.50. The minimum atomic E-state index is -0.458. The van der Waals surface area contributed by atoms with E-state index in [-0.39, 0.29) is 12.1 Å². The lowest BCUT2D eigenvalue weighted by Crippen LogP contribution is -2.40. The molecule has 0 aromatic heterocycles. The van der Waals surface area contributed by atoms with Crippen LogP contribution in [0.4, 0.5) is 0 Å². The lowest BCUT2D eigenvalue weighted by molar-refractivity contribution is -0.157. The highest BCUT2D eigenvalue weighted by Gasteiger charge is 2.34. The Balaban J connectivity index is 2.60. The lowest BCUT2D eigenvalue weighted by atomic mass is 9.75. The molecule has 3 heteroatoms. The third-order valence-corrected chi connectivity index (χ3v) is 3.97. The summed E-state index contributed by atoms with van der Waals surface area (Å²) in [4.78, 5) is 11.8. The Kier molecular flexibility index (Phi) is 5.44. The molecule has 17 heavy (non-hydrogen) atoms. The first-order valence-corrected chi connectivity index (χ1v) is 6.91. The van der Waals surface area contributed by atoms with Crippen LogP contribution in [0.25, 0.3) is 0 Å². The van der Waals surface area contributed by atoms with Crippen molar-refractivity contribution in [2.45, 2.75) is 65.5 Å². The molecule has 1 rings (SSSR count). The van der Waals surface area contributed by atoms with Crippen molar-refractivity contribution in [2.75, 3.05) is 0 Å². The molecule has 1 saturated carbocycles. The second kappa shape index (κ2) is 6.39. The van der Waals surface area contributed by atoms with E-state index >= 15 is 0 Å². The fourth-order valence-electron chi connectivity index (χ4n) is 2.65. The van der Waals surface area contributed by atoms with Crippen molar-refractivity contribution in [1.82, 2.24) is 0 Å². The van der Waals surface area contributed by atoms with E-state index in [1.807, 2.05) is 6.92 Å². The molecule has 0 heterocycles. The SMILES string of the molecule is CCC(N)C(=O)OC1CC(C)CCC1C(C)C. The summed E-state index contributed by atoms with van der Waals surface area (Å²) in [6, 6.07) is -0.458. The predicted octanol–water partition coefficient (Wildman–Crippen LogP) is 2.73. The third kappa shape index (κ3) is 3.98. The maximum atomic E-state index is 11.8. The monoisotopic (exact) mass is 241 g/mol. The van der Waals surface area contributed by atoms with E-state index < -0.39 is 6.04 Å². The molecule has 4 unspecified atom stereocenters. The number of rotatable bonds is 4. The van der Waals surface area contributed by atoms with Crippen LogP contribution < -0.4 is 5.73 Å². The number of hydrogen-bond acceptors (Lipinski definition) is 3. The van der Waals surface area contributed by atoms with E-state index in [1.54, 1.807) is 0 Å². The molecule has 1 aliphatic rings. The van der Waals surface area contributed by atoms with Crippen molar-refractivity contribution in [1.29, 1.82) is 0 Å². The number of nitrogens with two attached hydrogens (primary N) is 1. The Morgan fingerprint density at radius 2 is 2.06 bits per heavy atom. The zero-order valence-electron chi connectivity index (χ0n) is 11.6. The maximum absolute atomic E-state index is 11.8. The van der Waals surface area contributed by atoms with Crippen molar-refractivity contribution in [3.63, 3.8) is 0 Å². The zero-order chi connectivity index (χ0) is 13.0. The smallest absolute Gasteiger partial charge is 0.323 e. The molecule has 0 aliphatic heterocycles. The van der Waals surface area contributed by atoms with Gasteiger partial charge in [-0.25, -0.2) is 0 Å². The number of carbonyl (C=O) groups excluding carboxylic acids is 1. The molecule has 0 aromatic carbocycles. The largest absolute Gasteiger partial charge is 0.461 e. The summed E-state index contributed by atoms with van der Waals surface area (Å²) >= 11 is 0. The van der Waals surface area contributed by atoms with Crippen LogP contribution in [0.1, 0.15) is 53.4 Å². The number of carbonyl (C=O) groups is 1. The molecule has 1 aliphatic carbocycles. The van der Waals surface area contributed by atoms with Crippen molar-refractivity contribution >= 4 is 5.97 Å². The summed E-state index contributed by atoms with van der Waals surface area (Å²) in [7, 11) is 0. The number of esters is 1. The van der Waals surface area contributed by atoms with Gasteiger partial charge < -0.3 is 10.5 Å². The summed E-state index contributed by atoms with van der Waals surface area (Å²) in [6.45, 7) is 8.56. The van der Waals surface area contributed by atoms with Crippen LogP contribution in [0.5, 0.6) is 0 Å². The third-order valence-electron chi connectivity index (χ3n) is 3.97. The van der Waals surface area contributed by atoms with Crippen LogP contribution in [0, 0.1) is 17.8 Å². The Morgan fingerprint density at radius 3 is 2.59 bits per heavy atom. The van der Waals surface area contributed by atoms with Gasteiger partial charge in [-0.15, -0.1) is 0 Å². The van der Waals surface area contributed by atoms with E-state index in [0.717, 1.165) is 12.8 Å². The molecule has 0 saturated heterocycles. The molecule has 0 bridgehead atoms. The zero-order valence-corrected chi connectivity index (χ0v) is 11.6. The highest BCUT2D eigenvalue weighted by molar-refractivity contribution is 5.75. The van der Waals surface area contributed by atoms with Crippen LogP contribution in [0.15, 0.2) is 0 Å². The Bertz CT molecular complexity index is 253. The fourth-order valence-corrected chi connectivity index (χ4v) is 2.65. The molecular formula is C14H27NO2. The molecule has 4 atom stereocenters. The molecule has 3 nitrogen and oxygen atoms in total. The molecule has 0 amide bonds. The minimum Gasteiger partial charge on any atom is -0.461 e. The second-order valence-corrected chi connectivity index (χ2v) is 5.82. The van der Waals surface area contributed by atoms with Crippen LogP contribution in [0.3, 0.4) is 0 Å². The van der Waals surface area contributed by atoms with Gasteiger partial charge in [-0.3, -0.25) is 4.79 Å².